The molecule has 5 atom stereocenters. The lowest BCUT2D eigenvalue weighted by Gasteiger charge is -2.55. The van der Waals surface area contributed by atoms with Gasteiger partial charge in [-0.1, -0.05) is 32.1 Å². The average molecular weight is 348 g/mol. The highest BCUT2D eigenvalue weighted by molar-refractivity contribution is 9.10. The van der Waals surface area contributed by atoms with Gasteiger partial charge in [-0.2, -0.15) is 0 Å². The maximum atomic E-state index is 11.0. The van der Waals surface area contributed by atoms with E-state index in [9.17, 15) is 5.11 Å². The maximum absolute atomic E-state index is 11.0. The van der Waals surface area contributed by atoms with Crippen LogP contribution in [0.5, 0.6) is 0 Å². The number of aliphatic hydroxyl groups is 1. The summed E-state index contributed by atoms with van der Waals surface area (Å²) in [6.07, 6.45) is 8.48. The van der Waals surface area contributed by atoms with E-state index >= 15 is 0 Å². The fourth-order valence-electron chi connectivity index (χ4n) is 4.17. The number of ether oxygens (including phenoxy) is 1. The van der Waals surface area contributed by atoms with Crippen molar-refractivity contribution in [2.75, 3.05) is 0 Å². The summed E-state index contributed by atoms with van der Waals surface area (Å²) in [7, 11) is 0. The van der Waals surface area contributed by atoms with Crippen LogP contribution in [0.2, 0.25) is 0 Å². The predicted molar refractivity (Wildman–Crippen MR) is 80.5 cm³/mol. The Hall–Kier alpha value is 0.170. The minimum absolute atomic E-state index is 0.112. The van der Waals surface area contributed by atoms with Gasteiger partial charge in [0.15, 0.2) is 0 Å². The molecule has 5 unspecified atom stereocenters. The molecule has 4 heteroatoms. The zero-order chi connectivity index (χ0) is 14.3. The van der Waals surface area contributed by atoms with Crippen LogP contribution in [0, 0.1) is 10.8 Å². The normalized spacial score (nSPS) is 58.2. The van der Waals surface area contributed by atoms with E-state index < -0.39 is 20.4 Å². The van der Waals surface area contributed by atoms with Crippen LogP contribution in [0.3, 0.4) is 0 Å². The zero-order valence-electron chi connectivity index (χ0n) is 11.7. The molecule has 0 aromatic carbocycles. The van der Waals surface area contributed by atoms with Gasteiger partial charge in [0.05, 0.1) is 22.0 Å². The van der Waals surface area contributed by atoms with E-state index in [-0.39, 0.29) is 11.5 Å². The molecule has 1 heterocycles. The number of rotatable bonds is 0. The van der Waals surface area contributed by atoms with Gasteiger partial charge < -0.3 is 9.84 Å². The van der Waals surface area contributed by atoms with Gasteiger partial charge in [-0.3, -0.25) is 0 Å². The molecule has 2 aliphatic carbocycles. The van der Waals surface area contributed by atoms with E-state index in [0.29, 0.717) is 6.42 Å². The summed E-state index contributed by atoms with van der Waals surface area (Å²) in [5, 5.41) is 11.0. The third-order valence-corrected chi connectivity index (χ3v) is 7.17. The summed E-state index contributed by atoms with van der Waals surface area (Å²) in [6, 6.07) is 0. The Morgan fingerprint density at radius 3 is 2.42 bits per heavy atom. The second-order valence-electron chi connectivity index (χ2n) is 7.04. The highest BCUT2D eigenvalue weighted by Gasteiger charge is 2.74. The smallest absolute Gasteiger partial charge is 0.147 e. The molecular weight excluding hydrogens is 328 g/mol. The summed E-state index contributed by atoms with van der Waals surface area (Å²) < 4.78 is 5.74. The van der Waals surface area contributed by atoms with Crippen molar-refractivity contribution in [1.29, 1.82) is 0 Å². The molecule has 1 aliphatic heterocycles. The van der Waals surface area contributed by atoms with Crippen LogP contribution in [0.25, 0.3) is 0 Å². The molecule has 2 bridgehead atoms. The largest absolute Gasteiger partial charge is 0.385 e. The first-order valence-corrected chi connectivity index (χ1v) is 7.83. The predicted octanol–water partition coefficient (Wildman–Crippen LogP) is 3.77. The molecule has 1 saturated heterocycles. The quantitative estimate of drug-likeness (QED) is 0.534. The average Bonchev–Trinajstić information content (AvgIpc) is 2.33. The number of alkyl halides is 2. The standard InChI is InChI=1S/C15H20BrClO2/c1-11(2)14-7-5-12(3,17)9-10(14)19-15(11,16)8-6-13(14,4)18/h5-8,10,18H,9H2,1-4H3. The SMILES string of the molecule is CC1(Cl)C=CC23C(C1)OC(Br)(C=CC2(C)O)C3(C)C. The second-order valence-corrected chi connectivity index (χ2v) is 9.08. The number of hydrogen-bond acceptors (Lipinski definition) is 2. The van der Waals surface area contributed by atoms with Crippen molar-refractivity contribution in [2.24, 2.45) is 10.8 Å². The van der Waals surface area contributed by atoms with Crippen LogP contribution in [0.15, 0.2) is 24.3 Å². The van der Waals surface area contributed by atoms with Crippen LogP contribution in [-0.4, -0.2) is 26.2 Å². The molecule has 1 N–H and O–H groups in total. The number of hydrogen-bond donors (Lipinski definition) is 1. The van der Waals surface area contributed by atoms with Crippen molar-refractivity contribution in [3.63, 3.8) is 0 Å². The Morgan fingerprint density at radius 1 is 1.16 bits per heavy atom. The minimum atomic E-state index is -0.946. The van der Waals surface area contributed by atoms with Crippen molar-refractivity contribution in [2.45, 2.75) is 55.2 Å². The van der Waals surface area contributed by atoms with E-state index in [2.05, 4.69) is 35.9 Å². The van der Waals surface area contributed by atoms with Crippen molar-refractivity contribution in [1.82, 2.24) is 0 Å². The van der Waals surface area contributed by atoms with Crippen molar-refractivity contribution < 1.29 is 9.84 Å². The summed E-state index contributed by atoms with van der Waals surface area (Å²) in [4.78, 5) is -0.414. The van der Waals surface area contributed by atoms with E-state index in [0.717, 1.165) is 0 Å². The van der Waals surface area contributed by atoms with Gasteiger partial charge in [-0.25, -0.2) is 0 Å². The van der Waals surface area contributed by atoms with Crippen LogP contribution in [-0.2, 0) is 4.74 Å². The number of fused-ring (bicyclic) bond motifs is 1. The molecule has 0 aromatic rings. The maximum Gasteiger partial charge on any atom is 0.147 e. The lowest BCUT2D eigenvalue weighted by Crippen LogP contribution is -2.61. The molecule has 3 rings (SSSR count). The van der Waals surface area contributed by atoms with Crippen LogP contribution >= 0.6 is 27.5 Å². The number of allylic oxidation sites excluding steroid dienone is 1. The molecule has 3 aliphatic rings. The molecular formula is C15H20BrClO2. The Kier molecular flexibility index (Phi) is 2.59. The van der Waals surface area contributed by atoms with Gasteiger partial charge >= 0.3 is 0 Å². The molecule has 0 aromatic heterocycles. The first-order chi connectivity index (χ1) is 8.48. The van der Waals surface area contributed by atoms with Crippen molar-refractivity contribution >= 4 is 27.5 Å². The van der Waals surface area contributed by atoms with Crippen molar-refractivity contribution in [3.05, 3.63) is 24.3 Å². The highest BCUT2D eigenvalue weighted by Crippen LogP contribution is 2.71. The molecule has 2 nitrogen and oxygen atoms in total. The van der Waals surface area contributed by atoms with E-state index in [1.54, 1.807) is 0 Å². The molecule has 106 valence electrons. The third-order valence-electron chi connectivity index (χ3n) is 5.45. The van der Waals surface area contributed by atoms with Crippen LogP contribution in [0.1, 0.15) is 34.1 Å². The molecule has 0 radical (unpaired) electrons. The van der Waals surface area contributed by atoms with Gasteiger partial charge in [-0.05, 0) is 42.3 Å². The molecule has 0 saturated carbocycles. The topological polar surface area (TPSA) is 29.5 Å². The van der Waals surface area contributed by atoms with E-state index in [4.69, 9.17) is 16.3 Å². The zero-order valence-corrected chi connectivity index (χ0v) is 14.0. The fourth-order valence-corrected chi connectivity index (χ4v) is 5.06. The minimum Gasteiger partial charge on any atom is -0.385 e. The first-order valence-electron chi connectivity index (χ1n) is 6.66. The number of halogens is 2. The highest BCUT2D eigenvalue weighted by atomic mass is 79.9. The van der Waals surface area contributed by atoms with Gasteiger partial charge in [0.25, 0.3) is 0 Å². The van der Waals surface area contributed by atoms with Gasteiger partial charge in [-0.15, -0.1) is 11.6 Å². The van der Waals surface area contributed by atoms with Gasteiger partial charge in [0.1, 0.15) is 4.51 Å². The summed E-state index contributed by atoms with van der Waals surface area (Å²) >= 11 is 10.2. The third kappa shape index (κ3) is 1.45. The molecule has 0 amide bonds. The summed E-state index contributed by atoms with van der Waals surface area (Å²) in [5.74, 6) is 0. The Labute approximate surface area is 128 Å². The van der Waals surface area contributed by atoms with Crippen LogP contribution in [0.4, 0.5) is 0 Å². The molecule has 19 heavy (non-hydrogen) atoms. The van der Waals surface area contributed by atoms with Gasteiger partial charge in [0, 0.05) is 5.41 Å². The Balaban J connectivity index is 2.27. The first kappa shape index (κ1) is 14.1. The Bertz CT molecular complexity index is 494. The van der Waals surface area contributed by atoms with E-state index in [1.165, 1.54) is 0 Å². The van der Waals surface area contributed by atoms with Crippen molar-refractivity contribution in [3.8, 4) is 0 Å². The van der Waals surface area contributed by atoms with Crippen LogP contribution < -0.4 is 0 Å². The fraction of sp³-hybridized carbons (Fsp3) is 0.733. The Morgan fingerprint density at radius 2 is 1.79 bits per heavy atom. The monoisotopic (exact) mass is 346 g/mol. The summed E-state index contributed by atoms with van der Waals surface area (Å²) in [6.45, 7) is 8.13. The van der Waals surface area contributed by atoms with E-state index in [1.807, 2.05) is 32.1 Å². The van der Waals surface area contributed by atoms with Gasteiger partial charge in [0.2, 0.25) is 0 Å². The lowest BCUT2D eigenvalue weighted by molar-refractivity contribution is -0.0845. The lowest BCUT2D eigenvalue weighted by atomic mass is 9.50. The molecule has 1 spiro atoms. The second kappa shape index (κ2) is 3.49. The molecule has 1 fully saturated rings. The summed E-state index contributed by atoms with van der Waals surface area (Å²) in [5.41, 5.74) is -1.68.